The lowest BCUT2D eigenvalue weighted by atomic mass is 10.0. The fraction of sp³-hybridized carbons (Fsp3) is 0.556. The van der Waals surface area contributed by atoms with Crippen LogP contribution in [0.15, 0.2) is 30.6 Å². The Bertz CT molecular complexity index is 677. The fourth-order valence-electron chi connectivity index (χ4n) is 4.67. The standard InChI is InChI=1S/C18H22N4/c1-2-7-17-16(6-1)18(20-12-19-17)22-10-15(11-22)21-8-13-4-3-5-14(13)9-21/h1-2,6-7,12-15H,3-5,8-11H2. The number of hydrogen-bond acceptors (Lipinski definition) is 4. The van der Waals surface area contributed by atoms with Gasteiger partial charge >= 0.3 is 0 Å². The molecule has 0 N–H and O–H groups in total. The number of hydrogen-bond donors (Lipinski definition) is 0. The number of aromatic nitrogens is 2. The van der Waals surface area contributed by atoms with E-state index in [9.17, 15) is 0 Å². The predicted molar refractivity (Wildman–Crippen MR) is 87.9 cm³/mol. The molecule has 2 unspecified atom stereocenters. The molecule has 3 heterocycles. The number of rotatable bonds is 2. The van der Waals surface area contributed by atoms with Gasteiger partial charge in [0.15, 0.2) is 0 Å². The Morgan fingerprint density at radius 2 is 1.68 bits per heavy atom. The van der Waals surface area contributed by atoms with Gasteiger partial charge in [-0.1, -0.05) is 18.6 Å². The Labute approximate surface area is 131 Å². The summed E-state index contributed by atoms with van der Waals surface area (Å²) >= 11 is 0. The van der Waals surface area contributed by atoms with Crippen molar-refractivity contribution >= 4 is 16.7 Å². The van der Waals surface area contributed by atoms with Crippen molar-refractivity contribution in [1.82, 2.24) is 14.9 Å². The first-order valence-electron chi connectivity index (χ1n) is 8.57. The lowest BCUT2D eigenvalue weighted by Gasteiger charge is -2.45. The molecule has 1 aliphatic carbocycles. The Hall–Kier alpha value is -1.68. The normalized spacial score (nSPS) is 29.0. The molecule has 114 valence electrons. The Morgan fingerprint density at radius 3 is 2.50 bits per heavy atom. The van der Waals surface area contributed by atoms with Gasteiger partial charge in [0.2, 0.25) is 0 Å². The second-order valence-electron chi connectivity index (χ2n) is 7.18. The van der Waals surface area contributed by atoms with Crippen LogP contribution in [0.5, 0.6) is 0 Å². The molecule has 4 heteroatoms. The monoisotopic (exact) mass is 294 g/mol. The molecule has 0 bridgehead atoms. The second kappa shape index (κ2) is 4.92. The zero-order valence-corrected chi connectivity index (χ0v) is 12.9. The topological polar surface area (TPSA) is 32.3 Å². The summed E-state index contributed by atoms with van der Waals surface area (Å²) in [6.45, 7) is 4.93. The summed E-state index contributed by atoms with van der Waals surface area (Å²) in [4.78, 5) is 14.1. The molecule has 1 saturated carbocycles. The molecule has 2 aromatic rings. The first-order valence-corrected chi connectivity index (χ1v) is 8.57. The van der Waals surface area contributed by atoms with Gasteiger partial charge in [0.1, 0.15) is 12.1 Å². The van der Waals surface area contributed by atoms with E-state index >= 15 is 0 Å². The van der Waals surface area contributed by atoms with Crippen LogP contribution in [-0.4, -0.2) is 47.1 Å². The van der Waals surface area contributed by atoms with E-state index in [2.05, 4.69) is 38.0 Å². The van der Waals surface area contributed by atoms with Crippen LogP contribution in [0.2, 0.25) is 0 Å². The average Bonchev–Trinajstić information content (AvgIpc) is 3.07. The molecule has 0 amide bonds. The Morgan fingerprint density at radius 1 is 0.909 bits per heavy atom. The molecule has 5 rings (SSSR count). The van der Waals surface area contributed by atoms with Crippen molar-refractivity contribution in [3.05, 3.63) is 30.6 Å². The second-order valence-corrected chi connectivity index (χ2v) is 7.18. The van der Waals surface area contributed by atoms with Gasteiger partial charge in [0.25, 0.3) is 0 Å². The highest BCUT2D eigenvalue weighted by molar-refractivity contribution is 5.89. The number of benzene rings is 1. The van der Waals surface area contributed by atoms with Crippen LogP contribution in [0.4, 0.5) is 5.82 Å². The minimum atomic E-state index is 0.735. The molecular formula is C18H22N4. The third kappa shape index (κ3) is 1.93. The van der Waals surface area contributed by atoms with E-state index < -0.39 is 0 Å². The summed E-state index contributed by atoms with van der Waals surface area (Å²) in [5, 5.41) is 1.18. The van der Waals surface area contributed by atoms with Gasteiger partial charge < -0.3 is 4.90 Å². The SMILES string of the molecule is c1ccc2c(N3CC(N4CC5CCCC5C4)C3)ncnc2c1. The third-order valence-corrected chi connectivity index (χ3v) is 5.95. The summed E-state index contributed by atoms with van der Waals surface area (Å²) in [7, 11) is 0. The number of fused-ring (bicyclic) bond motifs is 2. The lowest BCUT2D eigenvalue weighted by Crippen LogP contribution is -2.59. The van der Waals surface area contributed by atoms with Crippen molar-refractivity contribution in [2.45, 2.75) is 25.3 Å². The summed E-state index contributed by atoms with van der Waals surface area (Å²) < 4.78 is 0. The quantitative estimate of drug-likeness (QED) is 0.852. The van der Waals surface area contributed by atoms with E-state index in [1.807, 2.05) is 6.07 Å². The minimum absolute atomic E-state index is 0.735. The van der Waals surface area contributed by atoms with Crippen LogP contribution < -0.4 is 4.90 Å². The van der Waals surface area contributed by atoms with Gasteiger partial charge in [-0.05, 0) is 36.8 Å². The number of para-hydroxylation sites is 1. The van der Waals surface area contributed by atoms with E-state index in [4.69, 9.17) is 0 Å². The van der Waals surface area contributed by atoms with E-state index in [1.54, 1.807) is 6.33 Å². The highest BCUT2D eigenvalue weighted by Gasteiger charge is 2.42. The zero-order valence-electron chi connectivity index (χ0n) is 12.9. The summed E-state index contributed by atoms with van der Waals surface area (Å²) in [5.41, 5.74) is 1.05. The van der Waals surface area contributed by atoms with Crippen molar-refractivity contribution in [1.29, 1.82) is 0 Å². The van der Waals surface area contributed by atoms with Gasteiger partial charge in [-0.3, -0.25) is 4.90 Å². The maximum Gasteiger partial charge on any atom is 0.139 e. The van der Waals surface area contributed by atoms with Crippen LogP contribution in [0, 0.1) is 11.8 Å². The van der Waals surface area contributed by atoms with Crippen molar-refractivity contribution in [2.24, 2.45) is 11.8 Å². The van der Waals surface area contributed by atoms with Crippen molar-refractivity contribution in [3.63, 3.8) is 0 Å². The Balaban J connectivity index is 1.31. The first kappa shape index (κ1) is 12.8. The molecule has 1 aromatic heterocycles. The van der Waals surface area contributed by atoms with Crippen LogP contribution >= 0.6 is 0 Å². The Kier molecular flexibility index (Phi) is 2.87. The summed E-state index contributed by atoms with van der Waals surface area (Å²) in [6.07, 6.45) is 6.10. The number of nitrogens with zero attached hydrogens (tertiary/aromatic N) is 4. The third-order valence-electron chi connectivity index (χ3n) is 5.95. The molecule has 0 spiro atoms. The van der Waals surface area contributed by atoms with Gasteiger partial charge in [0, 0.05) is 37.6 Å². The van der Waals surface area contributed by atoms with Gasteiger partial charge in [-0.2, -0.15) is 0 Å². The van der Waals surface area contributed by atoms with E-state index in [0.717, 1.165) is 42.3 Å². The van der Waals surface area contributed by atoms with Crippen LogP contribution in [0.25, 0.3) is 10.9 Å². The molecule has 1 aromatic carbocycles. The van der Waals surface area contributed by atoms with Gasteiger partial charge in [-0.15, -0.1) is 0 Å². The molecule has 4 nitrogen and oxygen atoms in total. The van der Waals surface area contributed by atoms with Crippen molar-refractivity contribution in [2.75, 3.05) is 31.1 Å². The highest BCUT2D eigenvalue weighted by atomic mass is 15.3. The smallest absolute Gasteiger partial charge is 0.139 e. The summed E-state index contributed by atoms with van der Waals surface area (Å²) in [6, 6.07) is 9.06. The largest absolute Gasteiger partial charge is 0.353 e. The first-order chi connectivity index (χ1) is 10.9. The van der Waals surface area contributed by atoms with E-state index in [-0.39, 0.29) is 0 Å². The molecule has 2 atom stereocenters. The highest BCUT2D eigenvalue weighted by Crippen LogP contribution is 2.40. The predicted octanol–water partition coefficient (Wildman–Crippen LogP) is 2.55. The molecule has 2 saturated heterocycles. The van der Waals surface area contributed by atoms with Gasteiger partial charge in [0.05, 0.1) is 5.52 Å². The van der Waals surface area contributed by atoms with Crippen LogP contribution in [-0.2, 0) is 0 Å². The van der Waals surface area contributed by atoms with Crippen molar-refractivity contribution in [3.8, 4) is 0 Å². The zero-order chi connectivity index (χ0) is 14.5. The average molecular weight is 294 g/mol. The van der Waals surface area contributed by atoms with E-state index in [0.29, 0.717) is 0 Å². The van der Waals surface area contributed by atoms with Gasteiger partial charge in [-0.25, -0.2) is 9.97 Å². The molecule has 3 aliphatic rings. The molecule has 22 heavy (non-hydrogen) atoms. The number of anilines is 1. The lowest BCUT2D eigenvalue weighted by molar-refractivity contribution is 0.190. The molecule has 0 radical (unpaired) electrons. The maximum atomic E-state index is 4.54. The van der Waals surface area contributed by atoms with Crippen LogP contribution in [0.3, 0.4) is 0 Å². The minimum Gasteiger partial charge on any atom is -0.353 e. The molecule has 2 aliphatic heterocycles. The van der Waals surface area contributed by atoms with Crippen molar-refractivity contribution < 1.29 is 0 Å². The molecule has 3 fully saturated rings. The fourth-order valence-corrected chi connectivity index (χ4v) is 4.67. The maximum absolute atomic E-state index is 4.54. The van der Waals surface area contributed by atoms with Crippen LogP contribution in [0.1, 0.15) is 19.3 Å². The summed E-state index contributed by atoms with van der Waals surface area (Å²) in [5.74, 6) is 3.10. The van der Waals surface area contributed by atoms with E-state index in [1.165, 1.54) is 37.7 Å². The molecular weight excluding hydrogens is 272 g/mol. The number of likely N-dealkylation sites (tertiary alicyclic amines) is 1.